The van der Waals surface area contributed by atoms with Crippen molar-refractivity contribution in [2.45, 2.75) is 4.90 Å². The van der Waals surface area contributed by atoms with Crippen molar-refractivity contribution in [2.24, 2.45) is 5.14 Å². The average molecular weight is 436 g/mol. The second-order valence-corrected chi connectivity index (χ2v) is 8.97. The van der Waals surface area contributed by atoms with Crippen LogP contribution in [-0.4, -0.2) is 24.0 Å². The largest absolute Gasteiger partial charge is 0.289 e. The van der Waals surface area contributed by atoms with E-state index in [1.807, 2.05) is 54.0 Å². The summed E-state index contributed by atoms with van der Waals surface area (Å²) in [5.74, 6) is -0.249. The van der Waals surface area contributed by atoms with Crippen LogP contribution in [0.3, 0.4) is 0 Å². The van der Waals surface area contributed by atoms with E-state index in [0.717, 1.165) is 21.8 Å². The van der Waals surface area contributed by atoms with Gasteiger partial charge < -0.3 is 0 Å². The van der Waals surface area contributed by atoms with Gasteiger partial charge in [0, 0.05) is 17.3 Å². The highest BCUT2D eigenvalue weighted by Crippen LogP contribution is 2.28. The molecule has 2 N–H and O–H groups in total. The Balaban J connectivity index is 1.65. The number of carbonyl (C=O) groups excluding carboxylic acids is 1. The molecule has 0 spiro atoms. The molecule has 0 saturated heterocycles. The lowest BCUT2D eigenvalue weighted by atomic mass is 10.1. The molecule has 0 saturated carbocycles. The van der Waals surface area contributed by atoms with E-state index in [9.17, 15) is 13.2 Å². The van der Waals surface area contributed by atoms with E-state index in [1.165, 1.54) is 30.3 Å². The zero-order valence-corrected chi connectivity index (χ0v) is 17.3. The van der Waals surface area contributed by atoms with Crippen molar-refractivity contribution < 1.29 is 13.2 Å². The number of nitrogens with two attached hydrogens (primary N) is 1. The molecule has 2 aromatic carbocycles. The van der Waals surface area contributed by atoms with Crippen molar-refractivity contribution >= 4 is 33.2 Å². The average Bonchev–Trinajstić information content (AvgIpc) is 3.42. The second kappa shape index (κ2) is 8.19. The van der Waals surface area contributed by atoms with Gasteiger partial charge in [0.2, 0.25) is 10.0 Å². The maximum absolute atomic E-state index is 12.6. The number of carbonyl (C=O) groups is 1. The molecule has 0 unspecified atom stereocenters. The molecule has 0 bridgehead atoms. The van der Waals surface area contributed by atoms with Crippen LogP contribution in [0, 0.1) is 0 Å². The predicted molar refractivity (Wildman–Crippen MR) is 118 cm³/mol. The molecule has 30 heavy (non-hydrogen) atoms. The van der Waals surface area contributed by atoms with Gasteiger partial charge >= 0.3 is 0 Å². The van der Waals surface area contributed by atoms with E-state index in [2.05, 4.69) is 0 Å². The molecule has 6 nitrogen and oxygen atoms in total. The smallest absolute Gasteiger partial charge is 0.238 e. The molecular weight excluding hydrogens is 418 g/mol. The van der Waals surface area contributed by atoms with Crippen LogP contribution in [0.5, 0.6) is 0 Å². The molecule has 8 heteroatoms. The molecule has 4 rings (SSSR count). The van der Waals surface area contributed by atoms with Crippen molar-refractivity contribution in [3.8, 4) is 16.3 Å². The lowest BCUT2D eigenvalue weighted by Crippen LogP contribution is -2.12. The highest BCUT2D eigenvalue weighted by molar-refractivity contribution is 7.89. The second-order valence-electron chi connectivity index (χ2n) is 6.46. The van der Waals surface area contributed by atoms with Crippen LogP contribution in [0.25, 0.3) is 22.3 Å². The monoisotopic (exact) mass is 435 g/mol. The van der Waals surface area contributed by atoms with Crippen molar-refractivity contribution in [1.82, 2.24) is 9.78 Å². The molecule has 4 aromatic rings. The van der Waals surface area contributed by atoms with Crippen LogP contribution in [0.15, 0.2) is 89.3 Å². The van der Waals surface area contributed by atoms with Gasteiger partial charge in [-0.2, -0.15) is 5.10 Å². The standard InChI is InChI=1S/C22H17N3O3S2/c23-30(27,28)19-11-8-16(9-12-19)20(26)13-10-17-15-25(18-5-2-1-3-6-18)24-22(17)21-7-4-14-29-21/h1-15H,(H2,23,27,28)/b13-10+. The lowest BCUT2D eigenvalue weighted by molar-refractivity contribution is 0.104. The molecule has 2 heterocycles. The first-order valence-electron chi connectivity index (χ1n) is 8.96. The molecule has 150 valence electrons. The van der Waals surface area contributed by atoms with E-state index in [4.69, 9.17) is 10.2 Å². The number of hydrogen-bond donors (Lipinski definition) is 1. The summed E-state index contributed by atoms with van der Waals surface area (Å²) in [7, 11) is -3.79. The summed E-state index contributed by atoms with van der Waals surface area (Å²) < 4.78 is 24.5. The summed E-state index contributed by atoms with van der Waals surface area (Å²) in [6.07, 6.45) is 5.05. The number of rotatable bonds is 6. The normalized spacial score (nSPS) is 11.8. The fourth-order valence-corrected chi connectivity index (χ4v) is 4.14. The molecule has 0 amide bonds. The number of nitrogens with zero attached hydrogens (tertiary/aromatic N) is 2. The number of primary sulfonamides is 1. The van der Waals surface area contributed by atoms with Gasteiger partial charge in [-0.25, -0.2) is 18.2 Å². The SMILES string of the molecule is NS(=O)(=O)c1ccc(C(=O)/C=C/c2cn(-c3ccccc3)nc2-c2cccs2)cc1. The van der Waals surface area contributed by atoms with Crippen LogP contribution in [0.1, 0.15) is 15.9 Å². The van der Waals surface area contributed by atoms with Crippen LogP contribution in [-0.2, 0) is 10.0 Å². The van der Waals surface area contributed by atoms with Gasteiger partial charge in [0.15, 0.2) is 5.78 Å². The van der Waals surface area contributed by atoms with E-state index in [-0.39, 0.29) is 10.7 Å². The Morgan fingerprint density at radius 1 is 1.00 bits per heavy atom. The van der Waals surface area contributed by atoms with Crippen molar-refractivity contribution in [3.05, 3.63) is 95.5 Å². The summed E-state index contributed by atoms with van der Waals surface area (Å²) in [6, 6.07) is 19.2. The number of benzene rings is 2. The first kappa shape index (κ1) is 20.0. The molecule has 0 fully saturated rings. The van der Waals surface area contributed by atoms with Crippen LogP contribution < -0.4 is 5.14 Å². The quantitative estimate of drug-likeness (QED) is 0.364. The number of aromatic nitrogens is 2. The Kier molecular flexibility index (Phi) is 5.45. The highest BCUT2D eigenvalue weighted by atomic mass is 32.2. The van der Waals surface area contributed by atoms with Gasteiger partial charge in [-0.05, 0) is 60.0 Å². The van der Waals surface area contributed by atoms with Gasteiger partial charge in [0.25, 0.3) is 0 Å². The zero-order valence-electron chi connectivity index (χ0n) is 15.7. The summed E-state index contributed by atoms with van der Waals surface area (Å²) in [4.78, 5) is 13.5. The van der Waals surface area contributed by atoms with Gasteiger partial charge in [-0.15, -0.1) is 11.3 Å². The molecular formula is C22H17N3O3S2. The summed E-state index contributed by atoms with van der Waals surface area (Å²) >= 11 is 1.57. The number of allylic oxidation sites excluding steroid dienone is 1. The predicted octanol–water partition coefficient (Wildman–Crippen LogP) is 4.14. The first-order valence-corrected chi connectivity index (χ1v) is 11.4. The topological polar surface area (TPSA) is 95.0 Å². The zero-order chi connectivity index (χ0) is 21.1. The van der Waals surface area contributed by atoms with Crippen LogP contribution in [0.2, 0.25) is 0 Å². The number of sulfonamides is 1. The number of thiophene rings is 1. The number of para-hydroxylation sites is 1. The van der Waals surface area contributed by atoms with Crippen molar-refractivity contribution in [3.63, 3.8) is 0 Å². The molecule has 0 radical (unpaired) electrons. The Labute approximate surface area is 178 Å². The minimum atomic E-state index is -3.79. The third-order valence-corrected chi connectivity index (χ3v) is 6.21. The van der Waals surface area contributed by atoms with Gasteiger partial charge in [-0.3, -0.25) is 4.79 Å². The molecule has 0 aliphatic carbocycles. The Bertz CT molecular complexity index is 1310. The molecule has 0 aliphatic rings. The summed E-state index contributed by atoms with van der Waals surface area (Å²) in [6.45, 7) is 0. The lowest BCUT2D eigenvalue weighted by Gasteiger charge is -1.99. The van der Waals surface area contributed by atoms with Crippen molar-refractivity contribution in [1.29, 1.82) is 0 Å². The minimum Gasteiger partial charge on any atom is -0.289 e. The minimum absolute atomic E-state index is 0.0350. The van der Waals surface area contributed by atoms with Gasteiger partial charge in [0.05, 0.1) is 15.5 Å². The van der Waals surface area contributed by atoms with Gasteiger partial charge in [0.1, 0.15) is 5.69 Å². The Morgan fingerprint density at radius 2 is 1.73 bits per heavy atom. The van der Waals surface area contributed by atoms with E-state index in [1.54, 1.807) is 22.1 Å². The van der Waals surface area contributed by atoms with Crippen LogP contribution in [0.4, 0.5) is 0 Å². The van der Waals surface area contributed by atoms with E-state index in [0.29, 0.717) is 5.56 Å². The third-order valence-electron chi connectivity index (χ3n) is 4.40. The molecule has 2 aromatic heterocycles. The maximum atomic E-state index is 12.6. The van der Waals surface area contributed by atoms with Gasteiger partial charge in [-0.1, -0.05) is 24.3 Å². The molecule has 0 atom stereocenters. The number of ketones is 1. The fourth-order valence-electron chi connectivity index (χ4n) is 2.90. The summed E-state index contributed by atoms with van der Waals surface area (Å²) in [5.41, 5.74) is 2.87. The fraction of sp³-hybridized carbons (Fsp3) is 0. The summed E-state index contributed by atoms with van der Waals surface area (Å²) in [5, 5.41) is 11.8. The third kappa shape index (κ3) is 4.30. The maximum Gasteiger partial charge on any atom is 0.238 e. The Hall–Kier alpha value is -3.33. The van der Waals surface area contributed by atoms with E-state index < -0.39 is 10.0 Å². The van der Waals surface area contributed by atoms with Crippen molar-refractivity contribution in [2.75, 3.05) is 0 Å². The molecule has 0 aliphatic heterocycles. The van der Waals surface area contributed by atoms with E-state index >= 15 is 0 Å². The van der Waals surface area contributed by atoms with Crippen LogP contribution >= 0.6 is 11.3 Å². The highest BCUT2D eigenvalue weighted by Gasteiger charge is 2.13. The first-order chi connectivity index (χ1) is 14.4. The Morgan fingerprint density at radius 3 is 2.37 bits per heavy atom. The number of hydrogen-bond acceptors (Lipinski definition) is 5.